The Kier molecular flexibility index (Phi) is 4.95. The molecule has 3 rings (SSSR count). The van der Waals surface area contributed by atoms with Gasteiger partial charge in [-0.1, -0.05) is 17.7 Å². The van der Waals surface area contributed by atoms with E-state index in [1.54, 1.807) is 37.4 Å². The van der Waals surface area contributed by atoms with Crippen molar-refractivity contribution in [1.29, 1.82) is 5.26 Å². The van der Waals surface area contributed by atoms with E-state index in [0.717, 1.165) is 22.4 Å². The van der Waals surface area contributed by atoms with Crippen LogP contribution in [0, 0.1) is 32.1 Å². The number of hydrogen-bond acceptors (Lipinski definition) is 5. The Hall–Kier alpha value is -3.59. The number of nitrogens with one attached hydrogen (secondary N) is 1. The summed E-state index contributed by atoms with van der Waals surface area (Å²) in [4.78, 5) is 12.5. The predicted octanol–water partition coefficient (Wildman–Crippen LogP) is 4.11. The van der Waals surface area contributed by atoms with Crippen molar-refractivity contribution in [2.24, 2.45) is 7.05 Å². The summed E-state index contributed by atoms with van der Waals surface area (Å²) in [5, 5.41) is 16.2. The molecule has 0 bridgehead atoms. The zero-order chi connectivity index (χ0) is 19.6. The average molecular weight is 360 g/mol. The number of aromatic nitrogens is 2. The van der Waals surface area contributed by atoms with Crippen LogP contribution < -0.4 is 15.6 Å². The summed E-state index contributed by atoms with van der Waals surface area (Å²) in [7, 11) is 1.58. The van der Waals surface area contributed by atoms with E-state index < -0.39 is 0 Å². The molecule has 0 unspecified atom stereocenters. The topological polar surface area (TPSA) is 79.9 Å². The maximum Gasteiger partial charge on any atom is 0.309 e. The van der Waals surface area contributed by atoms with E-state index >= 15 is 0 Å². The van der Waals surface area contributed by atoms with Crippen LogP contribution in [0.3, 0.4) is 0 Å². The second kappa shape index (κ2) is 7.34. The maximum absolute atomic E-state index is 12.5. The van der Waals surface area contributed by atoms with Crippen molar-refractivity contribution in [3.8, 4) is 17.6 Å². The summed E-state index contributed by atoms with van der Waals surface area (Å²) in [5.74, 6) is 1.34. The molecule has 27 heavy (non-hydrogen) atoms. The molecule has 0 saturated heterocycles. The van der Waals surface area contributed by atoms with Gasteiger partial charge in [0.25, 0.3) is 0 Å². The summed E-state index contributed by atoms with van der Waals surface area (Å²) < 4.78 is 7.20. The molecule has 0 spiro atoms. The van der Waals surface area contributed by atoms with Crippen LogP contribution in [0.4, 0.5) is 11.5 Å². The highest BCUT2D eigenvalue weighted by Crippen LogP contribution is 2.29. The molecule has 3 aromatic rings. The first-order valence-corrected chi connectivity index (χ1v) is 8.48. The average Bonchev–Trinajstić information content (AvgIpc) is 2.62. The van der Waals surface area contributed by atoms with Gasteiger partial charge in [0.05, 0.1) is 11.6 Å². The summed E-state index contributed by atoms with van der Waals surface area (Å²) >= 11 is 0. The van der Waals surface area contributed by atoms with Crippen LogP contribution >= 0.6 is 0 Å². The van der Waals surface area contributed by atoms with Gasteiger partial charge in [-0.3, -0.25) is 4.79 Å². The SMILES string of the molecule is Cc1cc(C)c(Oc2cc(Nc3ccc(C#N)cc3)nn(C)c2=O)c(C)c1. The van der Waals surface area contributed by atoms with Crippen molar-refractivity contribution in [3.63, 3.8) is 0 Å². The van der Waals surface area contributed by atoms with E-state index in [4.69, 9.17) is 10.00 Å². The lowest BCUT2D eigenvalue weighted by Crippen LogP contribution is -2.21. The molecule has 0 saturated carbocycles. The summed E-state index contributed by atoms with van der Waals surface area (Å²) in [5.41, 5.74) is 4.08. The Morgan fingerprint density at radius 1 is 1.07 bits per heavy atom. The third-order valence-corrected chi connectivity index (χ3v) is 4.13. The van der Waals surface area contributed by atoms with E-state index in [9.17, 15) is 4.79 Å². The zero-order valence-corrected chi connectivity index (χ0v) is 15.7. The number of nitriles is 1. The van der Waals surface area contributed by atoms with Crippen molar-refractivity contribution in [2.45, 2.75) is 20.8 Å². The van der Waals surface area contributed by atoms with Crippen molar-refractivity contribution >= 4 is 11.5 Å². The van der Waals surface area contributed by atoms with Gasteiger partial charge in [-0.25, -0.2) is 4.68 Å². The van der Waals surface area contributed by atoms with E-state index in [2.05, 4.69) is 16.5 Å². The molecule has 0 atom stereocenters. The Labute approximate surface area is 157 Å². The van der Waals surface area contributed by atoms with Gasteiger partial charge in [0.1, 0.15) is 5.75 Å². The molecule has 0 radical (unpaired) electrons. The van der Waals surface area contributed by atoms with Gasteiger partial charge < -0.3 is 10.1 Å². The minimum absolute atomic E-state index is 0.193. The molecule has 0 aliphatic rings. The maximum atomic E-state index is 12.5. The van der Waals surface area contributed by atoms with Crippen molar-refractivity contribution < 1.29 is 4.74 Å². The van der Waals surface area contributed by atoms with Gasteiger partial charge in [-0.2, -0.15) is 10.4 Å². The van der Waals surface area contributed by atoms with Crippen molar-refractivity contribution in [3.05, 3.63) is 75.1 Å². The first kappa shape index (κ1) is 18.2. The predicted molar refractivity (Wildman–Crippen MR) is 105 cm³/mol. The standard InChI is InChI=1S/C21H20N4O2/c1-13-9-14(2)20(15(3)10-13)27-18-11-19(24-25(4)21(18)26)23-17-7-5-16(12-22)6-8-17/h5-11H,1-4H3,(H,23,24). The molecule has 0 aliphatic heterocycles. The van der Waals surface area contributed by atoms with Crippen LogP contribution in [0.1, 0.15) is 22.3 Å². The fourth-order valence-corrected chi connectivity index (χ4v) is 2.93. The summed E-state index contributed by atoms with van der Waals surface area (Å²) in [6.07, 6.45) is 0. The first-order chi connectivity index (χ1) is 12.9. The normalized spacial score (nSPS) is 10.3. The monoisotopic (exact) mass is 360 g/mol. The number of hydrogen-bond donors (Lipinski definition) is 1. The van der Waals surface area contributed by atoms with E-state index in [1.165, 1.54) is 4.68 Å². The Morgan fingerprint density at radius 2 is 1.70 bits per heavy atom. The molecule has 1 N–H and O–H groups in total. The van der Waals surface area contributed by atoms with Crippen LogP contribution in [0.2, 0.25) is 0 Å². The Morgan fingerprint density at radius 3 is 2.30 bits per heavy atom. The lowest BCUT2D eigenvalue weighted by Gasteiger charge is -2.14. The van der Waals surface area contributed by atoms with Gasteiger partial charge in [0, 0.05) is 18.8 Å². The Balaban J connectivity index is 1.95. The van der Waals surface area contributed by atoms with Crippen LogP contribution in [0.5, 0.6) is 11.5 Å². The molecule has 136 valence electrons. The van der Waals surface area contributed by atoms with E-state index in [-0.39, 0.29) is 11.3 Å². The van der Waals surface area contributed by atoms with Gasteiger partial charge in [-0.05, 0) is 56.2 Å². The fraction of sp³-hybridized carbons (Fsp3) is 0.190. The number of aryl methyl sites for hydroxylation is 4. The van der Waals surface area contributed by atoms with Crippen LogP contribution in [0.25, 0.3) is 0 Å². The molecule has 0 fully saturated rings. The molecule has 6 heteroatoms. The second-order valence-electron chi connectivity index (χ2n) is 6.47. The lowest BCUT2D eigenvalue weighted by atomic mass is 10.1. The smallest absolute Gasteiger partial charge is 0.309 e. The number of anilines is 2. The zero-order valence-electron chi connectivity index (χ0n) is 15.7. The van der Waals surface area contributed by atoms with Gasteiger partial charge >= 0.3 is 5.56 Å². The highest BCUT2D eigenvalue weighted by atomic mass is 16.5. The molecular weight excluding hydrogens is 340 g/mol. The van der Waals surface area contributed by atoms with Crippen molar-refractivity contribution in [2.75, 3.05) is 5.32 Å². The highest BCUT2D eigenvalue weighted by Gasteiger charge is 2.12. The van der Waals surface area contributed by atoms with Crippen molar-refractivity contribution in [1.82, 2.24) is 9.78 Å². The van der Waals surface area contributed by atoms with E-state index in [1.807, 2.05) is 32.9 Å². The number of nitrogens with zero attached hydrogens (tertiary/aromatic N) is 3. The molecule has 2 aromatic carbocycles. The lowest BCUT2D eigenvalue weighted by molar-refractivity contribution is 0.457. The third kappa shape index (κ3) is 3.98. The minimum atomic E-state index is -0.320. The number of benzene rings is 2. The van der Waals surface area contributed by atoms with E-state index in [0.29, 0.717) is 17.1 Å². The van der Waals surface area contributed by atoms with Gasteiger partial charge in [-0.15, -0.1) is 0 Å². The summed E-state index contributed by atoms with van der Waals surface area (Å²) in [6, 6.07) is 14.7. The highest BCUT2D eigenvalue weighted by molar-refractivity contribution is 5.58. The molecule has 1 heterocycles. The second-order valence-corrected chi connectivity index (χ2v) is 6.47. The van der Waals surface area contributed by atoms with Crippen LogP contribution in [-0.4, -0.2) is 9.78 Å². The van der Waals surface area contributed by atoms with Crippen LogP contribution in [0.15, 0.2) is 47.3 Å². The van der Waals surface area contributed by atoms with Crippen LogP contribution in [-0.2, 0) is 7.05 Å². The number of ether oxygens (including phenoxy) is 1. The largest absolute Gasteiger partial charge is 0.451 e. The molecule has 1 aromatic heterocycles. The molecule has 0 amide bonds. The first-order valence-electron chi connectivity index (χ1n) is 8.48. The van der Waals surface area contributed by atoms with Gasteiger partial charge in [0.15, 0.2) is 11.6 Å². The number of rotatable bonds is 4. The quantitative estimate of drug-likeness (QED) is 0.757. The minimum Gasteiger partial charge on any atom is -0.451 e. The molecule has 6 nitrogen and oxygen atoms in total. The third-order valence-electron chi connectivity index (χ3n) is 4.13. The molecular formula is C21H20N4O2. The molecule has 0 aliphatic carbocycles. The fourth-order valence-electron chi connectivity index (χ4n) is 2.93. The van der Waals surface area contributed by atoms with Gasteiger partial charge in [0.2, 0.25) is 0 Å². The Bertz CT molecular complexity index is 1070. The summed E-state index contributed by atoms with van der Waals surface area (Å²) in [6.45, 7) is 5.93.